The fourth-order valence-corrected chi connectivity index (χ4v) is 2.28. The summed E-state index contributed by atoms with van der Waals surface area (Å²) in [4.78, 5) is 0. The molecule has 1 rings (SSSR count). The molecule has 2 atom stereocenters. The quantitative estimate of drug-likeness (QED) is 0.675. The first-order chi connectivity index (χ1) is 6.82. The normalized spacial score (nSPS) is 16.0. The lowest BCUT2D eigenvalue weighted by Crippen LogP contribution is -2.21. The van der Waals surface area contributed by atoms with Crippen molar-refractivity contribution in [1.29, 1.82) is 0 Å². The lowest BCUT2D eigenvalue weighted by molar-refractivity contribution is 0.197. The predicted molar refractivity (Wildman–Crippen MR) is 68.8 cm³/mol. The molecule has 1 aromatic rings. The van der Waals surface area contributed by atoms with Crippen LogP contribution in [0.3, 0.4) is 0 Å². The molecule has 0 amide bonds. The summed E-state index contributed by atoms with van der Waals surface area (Å²) < 4.78 is 21.7. The van der Waals surface area contributed by atoms with Crippen LogP contribution in [-0.2, 0) is 9.84 Å². The number of hydrogen-bond donors (Lipinski definition) is 1. The number of aryl methyl sites for hydroxylation is 1. The summed E-state index contributed by atoms with van der Waals surface area (Å²) in [5.41, 5.74) is 1.64. The SMILES string of the molecule is Cc1cccc([C@@H](O)[C@@H](I)S(C)(=O)=O)c1. The third-order valence-electron chi connectivity index (χ3n) is 2.04. The Balaban J connectivity index is 3.00. The summed E-state index contributed by atoms with van der Waals surface area (Å²) in [5, 5.41) is 9.86. The average molecular weight is 340 g/mol. The van der Waals surface area contributed by atoms with E-state index in [2.05, 4.69) is 0 Å². The number of alkyl halides is 1. The largest absolute Gasteiger partial charge is 0.386 e. The molecule has 0 aromatic heterocycles. The Kier molecular flexibility index (Phi) is 4.13. The van der Waals surface area contributed by atoms with Crippen LogP contribution in [0.5, 0.6) is 0 Å². The highest BCUT2D eigenvalue weighted by Crippen LogP contribution is 2.26. The first-order valence-corrected chi connectivity index (χ1v) is 7.60. The summed E-state index contributed by atoms with van der Waals surface area (Å²) in [5.74, 6) is 0. The zero-order valence-electron chi connectivity index (χ0n) is 8.51. The molecular weight excluding hydrogens is 327 g/mol. The minimum atomic E-state index is -3.23. The third kappa shape index (κ3) is 3.42. The van der Waals surface area contributed by atoms with E-state index in [1.54, 1.807) is 40.8 Å². The van der Waals surface area contributed by atoms with E-state index in [0.717, 1.165) is 11.8 Å². The number of sulfone groups is 1. The molecule has 0 saturated heterocycles. The van der Waals surface area contributed by atoms with Crippen molar-refractivity contribution in [2.45, 2.75) is 16.3 Å². The van der Waals surface area contributed by atoms with E-state index in [1.165, 1.54) is 0 Å². The van der Waals surface area contributed by atoms with Gasteiger partial charge >= 0.3 is 0 Å². The number of hydrogen-bond acceptors (Lipinski definition) is 3. The molecule has 0 aliphatic heterocycles. The number of aliphatic hydroxyl groups is 1. The fraction of sp³-hybridized carbons (Fsp3) is 0.400. The summed E-state index contributed by atoms with van der Waals surface area (Å²) in [6.45, 7) is 1.90. The van der Waals surface area contributed by atoms with Gasteiger partial charge in [-0.15, -0.1) is 0 Å². The van der Waals surface area contributed by atoms with Gasteiger partial charge in [0.05, 0.1) is 0 Å². The van der Waals surface area contributed by atoms with Crippen molar-refractivity contribution in [3.8, 4) is 0 Å². The van der Waals surface area contributed by atoms with Gasteiger partial charge < -0.3 is 5.11 Å². The van der Waals surface area contributed by atoms with Crippen molar-refractivity contribution in [3.63, 3.8) is 0 Å². The minimum absolute atomic E-state index is 0.639. The van der Waals surface area contributed by atoms with Crippen molar-refractivity contribution < 1.29 is 13.5 Å². The predicted octanol–water partition coefficient (Wildman–Crippen LogP) is 1.83. The molecular formula is C10H13IO3S. The van der Waals surface area contributed by atoms with Gasteiger partial charge in [0.2, 0.25) is 0 Å². The number of aliphatic hydroxyl groups excluding tert-OH is 1. The monoisotopic (exact) mass is 340 g/mol. The molecule has 1 N–H and O–H groups in total. The van der Waals surface area contributed by atoms with E-state index in [0.29, 0.717) is 5.56 Å². The van der Waals surface area contributed by atoms with Gasteiger partial charge in [0.15, 0.2) is 9.84 Å². The standard InChI is InChI=1S/C10H13IO3S/c1-7-4-3-5-8(6-7)9(12)10(11)15(2,13)14/h3-6,9-10,12H,1-2H3/t9-,10+/m1/s1. The van der Waals surface area contributed by atoms with Crippen LogP contribution < -0.4 is 0 Å². The molecule has 0 radical (unpaired) electrons. The van der Waals surface area contributed by atoms with Crippen molar-refractivity contribution >= 4 is 32.4 Å². The fourth-order valence-electron chi connectivity index (χ4n) is 1.24. The lowest BCUT2D eigenvalue weighted by atomic mass is 10.1. The Morgan fingerprint density at radius 2 is 2.00 bits per heavy atom. The van der Waals surface area contributed by atoms with Crippen LogP contribution in [-0.4, -0.2) is 23.0 Å². The first-order valence-electron chi connectivity index (χ1n) is 4.40. The zero-order chi connectivity index (χ0) is 11.6. The second-order valence-corrected chi connectivity index (χ2v) is 7.89. The third-order valence-corrected chi connectivity index (χ3v) is 6.57. The molecule has 0 aliphatic rings. The van der Waals surface area contributed by atoms with Gasteiger partial charge in [0.25, 0.3) is 0 Å². The van der Waals surface area contributed by atoms with E-state index < -0.39 is 19.2 Å². The van der Waals surface area contributed by atoms with Crippen LogP contribution in [0.25, 0.3) is 0 Å². The summed E-state index contributed by atoms with van der Waals surface area (Å²) in [7, 11) is -3.23. The molecule has 15 heavy (non-hydrogen) atoms. The molecule has 0 fully saturated rings. The topological polar surface area (TPSA) is 54.4 Å². The highest BCUT2D eigenvalue weighted by atomic mass is 127. The maximum absolute atomic E-state index is 11.3. The molecule has 0 heterocycles. The lowest BCUT2D eigenvalue weighted by Gasteiger charge is -2.16. The second-order valence-electron chi connectivity index (χ2n) is 3.54. The minimum Gasteiger partial charge on any atom is -0.386 e. The molecule has 0 bridgehead atoms. The molecule has 3 nitrogen and oxygen atoms in total. The van der Waals surface area contributed by atoms with E-state index in [9.17, 15) is 13.5 Å². The number of halogens is 1. The van der Waals surface area contributed by atoms with Gasteiger partial charge in [-0.25, -0.2) is 8.42 Å². The van der Waals surface area contributed by atoms with Crippen LogP contribution in [0.4, 0.5) is 0 Å². The molecule has 0 saturated carbocycles. The van der Waals surface area contributed by atoms with E-state index in [4.69, 9.17) is 0 Å². The van der Waals surface area contributed by atoms with E-state index in [1.807, 2.05) is 13.0 Å². The van der Waals surface area contributed by atoms with Crippen LogP contribution >= 0.6 is 22.6 Å². The van der Waals surface area contributed by atoms with E-state index in [-0.39, 0.29) is 0 Å². The maximum Gasteiger partial charge on any atom is 0.162 e. The average Bonchev–Trinajstić information content (AvgIpc) is 2.14. The van der Waals surface area contributed by atoms with E-state index >= 15 is 0 Å². The number of benzene rings is 1. The van der Waals surface area contributed by atoms with Crippen LogP contribution in [0.1, 0.15) is 17.2 Å². The molecule has 5 heteroatoms. The highest BCUT2D eigenvalue weighted by molar-refractivity contribution is 14.1. The smallest absolute Gasteiger partial charge is 0.162 e. The Labute approximate surface area is 104 Å². The van der Waals surface area contributed by atoms with Gasteiger partial charge in [-0.05, 0) is 12.5 Å². The zero-order valence-corrected chi connectivity index (χ0v) is 11.5. The Morgan fingerprint density at radius 1 is 1.40 bits per heavy atom. The molecule has 84 valence electrons. The Morgan fingerprint density at radius 3 is 2.47 bits per heavy atom. The highest BCUT2D eigenvalue weighted by Gasteiger charge is 2.26. The van der Waals surface area contributed by atoms with Gasteiger partial charge in [0.1, 0.15) is 9.36 Å². The summed E-state index contributed by atoms with van der Waals surface area (Å²) in [6, 6.07) is 7.23. The van der Waals surface area contributed by atoms with Crippen molar-refractivity contribution in [3.05, 3.63) is 35.4 Å². The maximum atomic E-state index is 11.3. The van der Waals surface area contributed by atoms with Gasteiger partial charge in [-0.3, -0.25) is 0 Å². The second kappa shape index (κ2) is 4.80. The van der Waals surface area contributed by atoms with Crippen molar-refractivity contribution in [2.75, 3.05) is 6.26 Å². The van der Waals surface area contributed by atoms with Gasteiger partial charge in [0, 0.05) is 6.26 Å². The van der Waals surface area contributed by atoms with Crippen LogP contribution in [0, 0.1) is 6.92 Å². The van der Waals surface area contributed by atoms with Crippen LogP contribution in [0.15, 0.2) is 24.3 Å². The van der Waals surface area contributed by atoms with Gasteiger partial charge in [-0.1, -0.05) is 52.4 Å². The number of rotatable bonds is 3. The molecule has 0 spiro atoms. The molecule has 0 unspecified atom stereocenters. The Hall–Kier alpha value is -0.140. The summed E-state index contributed by atoms with van der Waals surface area (Å²) in [6.07, 6.45) is 0.156. The van der Waals surface area contributed by atoms with Crippen LogP contribution in [0.2, 0.25) is 0 Å². The van der Waals surface area contributed by atoms with Crippen molar-refractivity contribution in [2.24, 2.45) is 0 Å². The first kappa shape index (κ1) is 12.9. The van der Waals surface area contributed by atoms with Crippen molar-refractivity contribution in [1.82, 2.24) is 0 Å². The molecule has 1 aromatic carbocycles. The summed E-state index contributed by atoms with van der Waals surface area (Å²) >= 11 is 1.75. The molecule has 0 aliphatic carbocycles. The Bertz CT molecular complexity index is 442. The van der Waals surface area contributed by atoms with Gasteiger partial charge in [-0.2, -0.15) is 0 Å².